The van der Waals surface area contributed by atoms with Crippen molar-refractivity contribution < 1.29 is 17.9 Å². The smallest absolute Gasteiger partial charge is 0.246 e. The Balaban J connectivity index is 2.10. The average Bonchev–Trinajstić information content (AvgIpc) is 2.76. The molecule has 110 valence electrons. The van der Waals surface area contributed by atoms with E-state index in [9.17, 15) is 13.2 Å². The summed E-state index contributed by atoms with van der Waals surface area (Å²) in [5.74, 6) is -0.341. The van der Waals surface area contributed by atoms with Crippen LogP contribution in [0.1, 0.15) is 6.42 Å². The van der Waals surface area contributed by atoms with Gasteiger partial charge in [-0.2, -0.15) is 0 Å². The number of ether oxygens (including phenoxy) is 1. The fourth-order valence-electron chi connectivity index (χ4n) is 1.89. The first kappa shape index (κ1) is 14.8. The monoisotopic (exact) mass is 299 g/mol. The van der Waals surface area contributed by atoms with Crippen molar-refractivity contribution in [2.45, 2.75) is 12.0 Å². The number of nitrogens with two attached hydrogens (primary N) is 1. The minimum atomic E-state index is -3.36. The highest BCUT2D eigenvalue weighted by Crippen LogP contribution is 2.20. The Morgan fingerprint density at radius 1 is 1.40 bits per heavy atom. The fourth-order valence-corrected chi connectivity index (χ4v) is 2.45. The van der Waals surface area contributed by atoms with Gasteiger partial charge in [0.1, 0.15) is 5.54 Å². The van der Waals surface area contributed by atoms with E-state index in [1.165, 1.54) is 6.07 Å². The molecule has 1 amide bonds. The average molecular weight is 299 g/mol. The molecular formula is C12H17N3O4S. The number of rotatable bonds is 4. The molecule has 1 fully saturated rings. The molecule has 1 aliphatic rings. The predicted molar refractivity (Wildman–Crippen MR) is 75.9 cm³/mol. The summed E-state index contributed by atoms with van der Waals surface area (Å²) in [5, 5.41) is 2.67. The highest BCUT2D eigenvalue weighted by Gasteiger charge is 2.38. The van der Waals surface area contributed by atoms with Crippen molar-refractivity contribution in [3.8, 4) is 0 Å². The third kappa shape index (κ3) is 3.69. The van der Waals surface area contributed by atoms with Gasteiger partial charge in [-0.25, -0.2) is 8.42 Å². The molecular weight excluding hydrogens is 282 g/mol. The van der Waals surface area contributed by atoms with E-state index >= 15 is 0 Å². The Morgan fingerprint density at radius 2 is 2.10 bits per heavy atom. The van der Waals surface area contributed by atoms with E-state index in [-0.39, 0.29) is 12.5 Å². The molecule has 0 spiro atoms. The van der Waals surface area contributed by atoms with Gasteiger partial charge in [0.25, 0.3) is 0 Å². The van der Waals surface area contributed by atoms with E-state index in [2.05, 4.69) is 10.0 Å². The summed E-state index contributed by atoms with van der Waals surface area (Å²) in [5.41, 5.74) is 5.76. The van der Waals surface area contributed by atoms with Crippen molar-refractivity contribution in [2.24, 2.45) is 5.73 Å². The van der Waals surface area contributed by atoms with Gasteiger partial charge in [0.05, 0.1) is 18.6 Å². The van der Waals surface area contributed by atoms with Gasteiger partial charge in [0, 0.05) is 12.3 Å². The number of hydrogen-bond donors (Lipinski definition) is 3. The Bertz CT molecular complexity index is 609. The van der Waals surface area contributed by atoms with Gasteiger partial charge in [-0.05, 0) is 24.6 Å². The maximum absolute atomic E-state index is 12.1. The van der Waals surface area contributed by atoms with Crippen molar-refractivity contribution in [3.05, 3.63) is 24.3 Å². The number of nitrogens with one attached hydrogen (secondary N) is 2. The van der Waals surface area contributed by atoms with Crippen LogP contribution in [0.2, 0.25) is 0 Å². The lowest BCUT2D eigenvalue weighted by molar-refractivity contribution is -0.121. The Morgan fingerprint density at radius 3 is 2.70 bits per heavy atom. The third-order valence-corrected chi connectivity index (χ3v) is 3.53. The molecule has 0 aromatic heterocycles. The Labute approximate surface area is 117 Å². The normalized spacial score (nSPS) is 22.5. The first-order valence-corrected chi connectivity index (χ1v) is 7.94. The maximum Gasteiger partial charge on any atom is 0.246 e. The summed E-state index contributed by atoms with van der Waals surface area (Å²) >= 11 is 0. The summed E-state index contributed by atoms with van der Waals surface area (Å²) in [4.78, 5) is 12.1. The number of carbonyl (C=O) groups is 1. The van der Waals surface area contributed by atoms with Crippen LogP contribution >= 0.6 is 0 Å². The van der Waals surface area contributed by atoms with Gasteiger partial charge in [-0.15, -0.1) is 0 Å². The lowest BCUT2D eigenvalue weighted by atomic mass is 9.99. The van der Waals surface area contributed by atoms with Crippen molar-refractivity contribution in [1.29, 1.82) is 0 Å². The van der Waals surface area contributed by atoms with Crippen molar-refractivity contribution in [1.82, 2.24) is 0 Å². The van der Waals surface area contributed by atoms with Crippen LogP contribution in [0.3, 0.4) is 0 Å². The van der Waals surface area contributed by atoms with Gasteiger partial charge >= 0.3 is 0 Å². The van der Waals surface area contributed by atoms with E-state index in [4.69, 9.17) is 10.5 Å². The molecule has 20 heavy (non-hydrogen) atoms. The Kier molecular flexibility index (Phi) is 3.98. The number of carbonyl (C=O) groups excluding carboxylic acids is 1. The number of amides is 1. The molecule has 0 saturated carbocycles. The van der Waals surface area contributed by atoms with Crippen LogP contribution in [0.25, 0.3) is 0 Å². The highest BCUT2D eigenvalue weighted by molar-refractivity contribution is 7.92. The molecule has 8 heteroatoms. The number of hydrogen-bond acceptors (Lipinski definition) is 5. The standard InChI is InChI=1S/C12H17N3O4S/c1-20(17,18)15-10-4-2-3-9(7-10)14-11(16)12(13)5-6-19-8-12/h2-4,7,15H,5-6,8,13H2,1H3,(H,14,16). The number of anilines is 2. The largest absolute Gasteiger partial charge is 0.379 e. The molecule has 0 radical (unpaired) electrons. The topological polar surface area (TPSA) is 111 Å². The highest BCUT2D eigenvalue weighted by atomic mass is 32.2. The molecule has 1 unspecified atom stereocenters. The molecule has 1 aliphatic heterocycles. The van der Waals surface area contributed by atoms with E-state index in [1.807, 2.05) is 0 Å². The van der Waals surface area contributed by atoms with Gasteiger partial charge < -0.3 is 15.8 Å². The quantitative estimate of drug-likeness (QED) is 0.731. The summed E-state index contributed by atoms with van der Waals surface area (Å²) in [6.07, 6.45) is 1.52. The molecule has 0 aliphatic carbocycles. The van der Waals surface area contributed by atoms with Gasteiger partial charge in [0.15, 0.2) is 0 Å². The minimum Gasteiger partial charge on any atom is -0.379 e. The van der Waals surface area contributed by atoms with Gasteiger partial charge in [-0.3, -0.25) is 9.52 Å². The summed E-state index contributed by atoms with van der Waals surface area (Å²) in [6.45, 7) is 0.639. The lowest BCUT2D eigenvalue weighted by Crippen LogP contribution is -2.51. The molecule has 0 bridgehead atoms. The zero-order chi connectivity index (χ0) is 14.8. The second-order valence-corrected chi connectivity index (χ2v) is 6.62. The Hall–Kier alpha value is -1.64. The summed E-state index contributed by atoms with van der Waals surface area (Å²) < 4.78 is 29.8. The molecule has 1 saturated heterocycles. The van der Waals surface area contributed by atoms with Crippen LogP contribution in [-0.4, -0.2) is 39.3 Å². The molecule has 1 aromatic rings. The molecule has 1 aromatic carbocycles. The van der Waals surface area contributed by atoms with E-state index in [0.717, 1.165) is 6.26 Å². The second kappa shape index (κ2) is 5.39. The lowest BCUT2D eigenvalue weighted by Gasteiger charge is -2.20. The van der Waals surface area contributed by atoms with Crippen molar-refractivity contribution in [3.63, 3.8) is 0 Å². The molecule has 7 nitrogen and oxygen atoms in total. The number of benzene rings is 1. The third-order valence-electron chi connectivity index (χ3n) is 2.93. The van der Waals surface area contributed by atoms with E-state index in [0.29, 0.717) is 24.4 Å². The summed E-state index contributed by atoms with van der Waals surface area (Å²) in [7, 11) is -3.36. The van der Waals surface area contributed by atoms with Crippen LogP contribution in [-0.2, 0) is 19.6 Å². The zero-order valence-corrected chi connectivity index (χ0v) is 11.9. The van der Waals surface area contributed by atoms with Crippen LogP contribution < -0.4 is 15.8 Å². The predicted octanol–water partition coefficient (Wildman–Crippen LogP) is 0.114. The van der Waals surface area contributed by atoms with Crippen LogP contribution in [0.15, 0.2) is 24.3 Å². The fraction of sp³-hybridized carbons (Fsp3) is 0.417. The first-order valence-electron chi connectivity index (χ1n) is 6.04. The summed E-state index contributed by atoms with van der Waals surface area (Å²) in [6, 6.07) is 6.41. The van der Waals surface area contributed by atoms with Gasteiger partial charge in [-0.1, -0.05) is 6.07 Å². The van der Waals surface area contributed by atoms with Crippen molar-refractivity contribution in [2.75, 3.05) is 29.5 Å². The second-order valence-electron chi connectivity index (χ2n) is 4.87. The number of sulfonamides is 1. The van der Waals surface area contributed by atoms with Gasteiger partial charge in [0.2, 0.25) is 15.9 Å². The van der Waals surface area contributed by atoms with Crippen molar-refractivity contribution >= 4 is 27.3 Å². The minimum absolute atomic E-state index is 0.181. The molecule has 4 N–H and O–H groups in total. The maximum atomic E-state index is 12.1. The zero-order valence-electron chi connectivity index (χ0n) is 11.0. The molecule has 2 rings (SSSR count). The molecule has 1 atom stereocenters. The van der Waals surface area contributed by atoms with Crippen LogP contribution in [0.5, 0.6) is 0 Å². The first-order chi connectivity index (χ1) is 9.28. The van der Waals surface area contributed by atoms with Crippen LogP contribution in [0.4, 0.5) is 11.4 Å². The van der Waals surface area contributed by atoms with Crippen LogP contribution in [0, 0.1) is 0 Å². The van der Waals surface area contributed by atoms with E-state index in [1.54, 1.807) is 18.2 Å². The SMILES string of the molecule is CS(=O)(=O)Nc1cccc(NC(=O)C2(N)CCOC2)c1. The molecule has 1 heterocycles. The van der Waals surface area contributed by atoms with E-state index < -0.39 is 15.6 Å².